The Balaban J connectivity index is 0.000000303. The summed E-state index contributed by atoms with van der Waals surface area (Å²) in [6.45, 7) is 33.7. The molecule has 0 aromatic heterocycles. The van der Waals surface area contributed by atoms with Crippen LogP contribution in [0.25, 0.3) is 0 Å². The van der Waals surface area contributed by atoms with Crippen LogP contribution in [-0.2, 0) is 23.3 Å². The van der Waals surface area contributed by atoms with Gasteiger partial charge in [0.25, 0.3) is 0 Å². The van der Waals surface area contributed by atoms with Gasteiger partial charge in [0.15, 0.2) is 0 Å². The smallest absolute Gasteiger partial charge is 1.00 e. The van der Waals surface area contributed by atoms with E-state index in [1.165, 1.54) is 44.3 Å². The van der Waals surface area contributed by atoms with E-state index < -0.39 is 32.3 Å². The quantitative estimate of drug-likeness (QED) is 0.293. The van der Waals surface area contributed by atoms with E-state index in [2.05, 4.69) is 199 Å². The average Bonchev–Trinajstić information content (AvgIpc) is 3.71. The van der Waals surface area contributed by atoms with Crippen molar-refractivity contribution in [3.8, 4) is 0 Å². The normalized spacial score (nSPS) is 19.4. The van der Waals surface area contributed by atoms with E-state index in [1.807, 2.05) is 0 Å². The maximum Gasteiger partial charge on any atom is -1.00 e. The van der Waals surface area contributed by atoms with E-state index in [1.54, 1.807) is 23.3 Å². The SMILES string of the molecule is C[Si](C)(C)C1=[C-]C2=CC([Si](C)(C)C)N(c3ccccc3)C2=C1.C[Si](C)(C)C1=[C-]C2=CC([Si](C)(C)C)N(c3ccccc3)C2=C1.C[Si](C)=[Zr+2].[Cl-].[Cl-]. The summed E-state index contributed by atoms with van der Waals surface area (Å²) in [5.74, 6) is 0. The second kappa shape index (κ2) is 17.4. The number of nitrogens with zero attached hydrogens (tertiary/aromatic N) is 2. The van der Waals surface area contributed by atoms with Crippen molar-refractivity contribution in [1.29, 1.82) is 0 Å². The molecule has 0 saturated carbocycles. The molecule has 0 spiro atoms. The largest absolute Gasteiger partial charge is 1.00 e. The molecule has 2 aromatic carbocycles. The van der Waals surface area contributed by atoms with Crippen LogP contribution in [-0.4, -0.2) is 49.1 Å². The Labute approximate surface area is 337 Å². The van der Waals surface area contributed by atoms with Gasteiger partial charge in [-0.15, -0.1) is 45.8 Å². The molecule has 6 rings (SSSR count). The zero-order valence-electron chi connectivity index (χ0n) is 32.9. The summed E-state index contributed by atoms with van der Waals surface area (Å²) in [5, 5.41) is 2.90. The van der Waals surface area contributed by atoms with Crippen LogP contribution in [0.15, 0.2) is 118 Å². The number of rotatable bonds is 6. The van der Waals surface area contributed by atoms with E-state index in [4.69, 9.17) is 0 Å². The first-order valence-corrected chi connectivity index (χ1v) is 37.8. The molecule has 0 amide bonds. The molecule has 0 saturated heterocycles. The van der Waals surface area contributed by atoms with Crippen LogP contribution in [0.2, 0.25) is 91.7 Å². The van der Waals surface area contributed by atoms with Gasteiger partial charge in [0.2, 0.25) is 0 Å². The van der Waals surface area contributed by atoms with Crippen LogP contribution in [0, 0.1) is 12.2 Å². The topological polar surface area (TPSA) is 6.48 Å². The molecule has 2 nitrogen and oxygen atoms in total. The number of para-hydroxylation sites is 2. The van der Waals surface area contributed by atoms with Gasteiger partial charge in [-0.25, -0.2) is 0 Å². The summed E-state index contributed by atoms with van der Waals surface area (Å²) < 4.78 is 0. The van der Waals surface area contributed by atoms with Crippen LogP contribution in [0.3, 0.4) is 0 Å². The van der Waals surface area contributed by atoms with Crippen molar-refractivity contribution < 1.29 is 48.1 Å². The van der Waals surface area contributed by atoms with Crippen molar-refractivity contribution in [2.45, 2.75) is 103 Å². The van der Waals surface area contributed by atoms with Gasteiger partial charge >= 0.3 is 41.9 Å². The number of hydrogen-bond acceptors (Lipinski definition) is 2. The molecule has 50 heavy (non-hydrogen) atoms. The van der Waals surface area contributed by atoms with E-state index in [0.717, 1.165) is 0 Å². The molecule has 2 heterocycles. The van der Waals surface area contributed by atoms with Crippen molar-refractivity contribution in [2.75, 3.05) is 9.80 Å². The van der Waals surface area contributed by atoms with Crippen molar-refractivity contribution >= 4 is 49.1 Å². The minimum Gasteiger partial charge on any atom is -1.00 e. The third-order valence-electron chi connectivity index (χ3n) is 8.84. The zero-order chi connectivity index (χ0) is 35.8. The maximum atomic E-state index is 3.72. The number of hydrogen-bond donors (Lipinski definition) is 0. The van der Waals surface area contributed by atoms with Crippen molar-refractivity contribution in [2.24, 2.45) is 0 Å². The fourth-order valence-corrected chi connectivity index (χ4v) is 11.8. The molecule has 0 bridgehead atoms. The van der Waals surface area contributed by atoms with Gasteiger partial charge in [0, 0.05) is 22.7 Å². The van der Waals surface area contributed by atoms with Crippen molar-refractivity contribution in [3.63, 3.8) is 0 Å². The molecule has 0 radical (unpaired) electrons. The van der Waals surface area contributed by atoms with Crippen LogP contribution in [0.1, 0.15) is 0 Å². The second-order valence-corrected chi connectivity index (χ2v) is 47.9. The molecular weight excluding hydrogens is 811 g/mol. The third kappa shape index (κ3) is 11.0. The first-order chi connectivity index (χ1) is 22.1. The fraction of sp³-hybridized carbons (Fsp3) is 0.400. The molecule has 2 atom stereocenters. The van der Waals surface area contributed by atoms with E-state index in [9.17, 15) is 0 Å². The minimum atomic E-state index is -1.33. The molecule has 10 heteroatoms. The Hall–Kier alpha value is -0.972. The molecule has 2 aliphatic carbocycles. The summed E-state index contributed by atoms with van der Waals surface area (Å²) in [7, 11) is -5.30. The van der Waals surface area contributed by atoms with Gasteiger partial charge in [0.1, 0.15) is 0 Å². The van der Waals surface area contributed by atoms with Crippen LogP contribution >= 0.6 is 0 Å². The molecular formula is C40H58Cl2N2Si5Zr-2. The summed E-state index contributed by atoms with van der Waals surface area (Å²) >= 11 is 1.74. The molecule has 2 aromatic rings. The standard InChI is InChI=1S/2C19H26NSi2.C2H6Si.2ClH.Zr/c2*1-21(2,3)17-12-15-13-19(22(4,5)6)20(18(15)14-17)16-10-8-7-9-11-16;1-3-2;;;/h2*7-11,13-14,19H,1-6H3;1-2H3;2*1H;/q2*-1;;;;+2/p-2. The van der Waals surface area contributed by atoms with Crippen LogP contribution < -0.4 is 34.6 Å². The predicted molar refractivity (Wildman–Crippen MR) is 222 cm³/mol. The van der Waals surface area contributed by atoms with Crippen molar-refractivity contribution in [1.82, 2.24) is 0 Å². The summed E-state index contributed by atoms with van der Waals surface area (Å²) in [6, 6.07) is 21.7. The number of fused-ring (bicyclic) bond motifs is 2. The molecule has 0 fully saturated rings. The number of benzene rings is 2. The van der Waals surface area contributed by atoms with Gasteiger partial charge in [0.05, 0.1) is 32.3 Å². The Kier molecular flexibility index (Phi) is 15.8. The van der Waals surface area contributed by atoms with Gasteiger partial charge in [-0.2, -0.15) is 12.2 Å². The van der Waals surface area contributed by atoms with E-state index >= 15 is 0 Å². The van der Waals surface area contributed by atoms with Gasteiger partial charge in [-0.3, -0.25) is 0 Å². The average molecular weight is 869 g/mol. The molecule has 0 N–H and O–H groups in total. The Morgan fingerprint density at radius 2 is 0.820 bits per heavy atom. The Bertz CT molecular complexity index is 1580. The van der Waals surface area contributed by atoms with Crippen LogP contribution in [0.5, 0.6) is 0 Å². The minimum absolute atomic E-state index is 0. The van der Waals surface area contributed by atoms with E-state index in [0.29, 0.717) is 11.3 Å². The Morgan fingerprint density at radius 1 is 0.540 bits per heavy atom. The maximum absolute atomic E-state index is 3.72. The van der Waals surface area contributed by atoms with Crippen LogP contribution in [0.4, 0.5) is 11.4 Å². The summed E-state index contributed by atoms with van der Waals surface area (Å²) in [5.41, 5.74) is 9.27. The molecule has 2 unspecified atom stereocenters. The van der Waals surface area contributed by atoms with Crippen molar-refractivity contribution in [3.05, 3.63) is 130 Å². The summed E-state index contributed by atoms with van der Waals surface area (Å²) in [4.78, 5) is 5.11. The van der Waals surface area contributed by atoms with Gasteiger partial charge < -0.3 is 34.6 Å². The van der Waals surface area contributed by atoms with Gasteiger partial charge in [-0.1, -0.05) is 126 Å². The number of anilines is 2. The fourth-order valence-electron chi connectivity index (χ4n) is 6.20. The summed E-state index contributed by atoms with van der Waals surface area (Å²) in [6.07, 6.45) is 17.2. The first-order valence-electron chi connectivity index (χ1n) is 17.5. The molecule has 4 aliphatic rings. The zero-order valence-corrected chi connectivity index (χ0v) is 41.9. The molecule has 268 valence electrons. The number of halogens is 2. The number of allylic oxidation sites excluding steroid dienone is 6. The monoisotopic (exact) mass is 866 g/mol. The molecule has 2 aliphatic heterocycles. The first kappa shape index (κ1) is 45.2. The third-order valence-corrected chi connectivity index (χ3v) is 17.0. The second-order valence-electron chi connectivity index (χ2n) is 17.8. The predicted octanol–water partition coefficient (Wildman–Crippen LogP) is 5.16. The van der Waals surface area contributed by atoms with Gasteiger partial charge in [-0.05, 0) is 24.3 Å². The Morgan fingerprint density at radius 3 is 1.06 bits per heavy atom. The van der Waals surface area contributed by atoms with E-state index in [-0.39, 0.29) is 30.2 Å².